The lowest BCUT2D eigenvalue weighted by molar-refractivity contribution is -0.384. The molecule has 0 radical (unpaired) electrons. The van der Waals surface area contributed by atoms with Gasteiger partial charge in [-0.25, -0.2) is 4.79 Å². The number of anilines is 1. The number of nitrogens with one attached hydrogen (secondary N) is 1. The van der Waals surface area contributed by atoms with E-state index in [1.807, 2.05) is 18.2 Å². The number of aromatic carboxylic acids is 1. The number of carboxylic acid groups (broad SMARTS) is 1. The molecule has 0 saturated carbocycles. The Bertz CT molecular complexity index is 1010. The van der Waals surface area contributed by atoms with Gasteiger partial charge in [0.2, 0.25) is 0 Å². The number of carbonyl (C=O) groups excluding carboxylic acids is 1. The smallest absolute Gasteiger partial charge is 0.338 e. The van der Waals surface area contributed by atoms with Crippen molar-refractivity contribution in [3.63, 3.8) is 0 Å². The Morgan fingerprint density at radius 1 is 0.960 bits per heavy atom. The maximum atomic E-state index is 12.6. The number of non-ortho nitro benzene ring substituents is 1. The lowest BCUT2D eigenvalue weighted by Crippen LogP contribution is -2.15. The van der Waals surface area contributed by atoms with Crippen molar-refractivity contribution in [2.24, 2.45) is 0 Å². The first kappa shape index (κ1) is 16.1. The van der Waals surface area contributed by atoms with E-state index in [1.54, 1.807) is 24.3 Å². The van der Waals surface area contributed by atoms with Gasteiger partial charge >= 0.3 is 5.97 Å². The first-order chi connectivity index (χ1) is 12.0. The minimum Gasteiger partial charge on any atom is -0.478 e. The van der Waals surface area contributed by atoms with Gasteiger partial charge in [0.25, 0.3) is 11.6 Å². The Morgan fingerprint density at radius 3 is 2.40 bits per heavy atom. The Morgan fingerprint density at radius 2 is 1.68 bits per heavy atom. The fraction of sp³-hybridized carbons (Fsp3) is 0. The second kappa shape index (κ2) is 6.40. The average molecular weight is 336 g/mol. The van der Waals surface area contributed by atoms with Crippen molar-refractivity contribution in [3.05, 3.63) is 81.9 Å². The Hall–Kier alpha value is -3.74. The van der Waals surface area contributed by atoms with Crippen LogP contribution >= 0.6 is 0 Å². The van der Waals surface area contributed by atoms with Crippen LogP contribution in [0.3, 0.4) is 0 Å². The zero-order valence-corrected chi connectivity index (χ0v) is 12.8. The molecule has 0 aromatic heterocycles. The van der Waals surface area contributed by atoms with E-state index in [0.29, 0.717) is 5.56 Å². The third-order valence-corrected chi connectivity index (χ3v) is 3.73. The van der Waals surface area contributed by atoms with E-state index in [1.165, 1.54) is 6.07 Å². The summed E-state index contributed by atoms with van der Waals surface area (Å²) in [4.78, 5) is 34.0. The predicted octanol–water partition coefficient (Wildman–Crippen LogP) is 3.70. The summed E-state index contributed by atoms with van der Waals surface area (Å²) in [6.07, 6.45) is 0. The molecule has 2 N–H and O–H groups in total. The summed E-state index contributed by atoms with van der Waals surface area (Å²) in [6, 6.07) is 15.8. The van der Waals surface area contributed by atoms with Gasteiger partial charge in [-0.1, -0.05) is 36.4 Å². The first-order valence-electron chi connectivity index (χ1n) is 7.28. The number of nitro benzene ring substituents is 1. The normalized spacial score (nSPS) is 10.4. The zero-order chi connectivity index (χ0) is 18.0. The molecule has 3 aromatic rings. The molecule has 0 fully saturated rings. The van der Waals surface area contributed by atoms with Crippen molar-refractivity contribution in [1.29, 1.82) is 0 Å². The van der Waals surface area contributed by atoms with Crippen LogP contribution in [-0.2, 0) is 0 Å². The molecule has 3 aromatic carbocycles. The van der Waals surface area contributed by atoms with Gasteiger partial charge in [-0.3, -0.25) is 14.9 Å². The largest absolute Gasteiger partial charge is 0.478 e. The number of nitrogens with zero attached hydrogens (tertiary/aromatic N) is 1. The van der Waals surface area contributed by atoms with E-state index >= 15 is 0 Å². The summed E-state index contributed by atoms with van der Waals surface area (Å²) >= 11 is 0. The maximum absolute atomic E-state index is 12.6. The van der Waals surface area contributed by atoms with E-state index in [2.05, 4.69) is 5.32 Å². The molecule has 25 heavy (non-hydrogen) atoms. The molecule has 0 atom stereocenters. The Balaban J connectivity index is 2.00. The lowest BCUT2D eigenvalue weighted by atomic mass is 10.0. The number of fused-ring (bicyclic) bond motifs is 1. The summed E-state index contributed by atoms with van der Waals surface area (Å²) in [5, 5.41) is 24.2. The average Bonchev–Trinajstić information content (AvgIpc) is 2.61. The molecule has 7 nitrogen and oxygen atoms in total. The van der Waals surface area contributed by atoms with Crippen molar-refractivity contribution < 1.29 is 19.6 Å². The van der Waals surface area contributed by atoms with Crippen LogP contribution in [0.4, 0.5) is 11.4 Å². The van der Waals surface area contributed by atoms with Crippen LogP contribution in [0, 0.1) is 10.1 Å². The highest BCUT2D eigenvalue weighted by molar-refractivity contribution is 6.14. The number of hydrogen-bond donors (Lipinski definition) is 2. The molecule has 0 saturated heterocycles. The molecule has 0 aliphatic heterocycles. The zero-order valence-electron chi connectivity index (χ0n) is 12.8. The number of hydrogen-bond acceptors (Lipinski definition) is 4. The van der Waals surface area contributed by atoms with Crippen LogP contribution in [0.5, 0.6) is 0 Å². The van der Waals surface area contributed by atoms with Crippen LogP contribution in [-0.4, -0.2) is 21.9 Å². The van der Waals surface area contributed by atoms with Gasteiger partial charge < -0.3 is 10.4 Å². The number of rotatable bonds is 4. The second-order valence-electron chi connectivity index (χ2n) is 5.27. The van der Waals surface area contributed by atoms with Crippen molar-refractivity contribution in [3.8, 4) is 0 Å². The molecule has 0 aliphatic carbocycles. The first-order valence-corrected chi connectivity index (χ1v) is 7.28. The summed E-state index contributed by atoms with van der Waals surface area (Å²) in [5.74, 6) is -1.86. The third kappa shape index (κ3) is 3.16. The Kier molecular flexibility index (Phi) is 4.13. The maximum Gasteiger partial charge on any atom is 0.338 e. The molecule has 0 unspecified atom stereocenters. The second-order valence-corrected chi connectivity index (χ2v) is 5.27. The van der Waals surface area contributed by atoms with Crippen molar-refractivity contribution in [2.75, 3.05) is 5.32 Å². The van der Waals surface area contributed by atoms with Gasteiger partial charge in [-0.2, -0.15) is 0 Å². The standard InChI is InChI=1S/C18H12N2O5/c21-17(14-7-3-5-11-4-1-2-6-13(11)14)19-16-9-8-12(20(24)25)10-15(16)18(22)23/h1-10H,(H,19,21)(H,22,23). The van der Waals surface area contributed by atoms with E-state index in [-0.39, 0.29) is 16.9 Å². The van der Waals surface area contributed by atoms with Gasteiger partial charge in [-0.15, -0.1) is 0 Å². The number of amides is 1. The van der Waals surface area contributed by atoms with Gasteiger partial charge in [-0.05, 0) is 22.9 Å². The monoisotopic (exact) mass is 336 g/mol. The van der Waals surface area contributed by atoms with Crippen LogP contribution < -0.4 is 5.32 Å². The summed E-state index contributed by atoms with van der Waals surface area (Å²) in [5.41, 5.74) is -0.327. The number of carbonyl (C=O) groups is 2. The summed E-state index contributed by atoms with van der Waals surface area (Å²) < 4.78 is 0. The highest BCUT2D eigenvalue weighted by Crippen LogP contribution is 2.24. The number of nitro groups is 1. The van der Waals surface area contributed by atoms with Crippen LogP contribution in [0.15, 0.2) is 60.7 Å². The summed E-state index contributed by atoms with van der Waals surface area (Å²) in [7, 11) is 0. The van der Waals surface area contributed by atoms with E-state index in [0.717, 1.165) is 22.9 Å². The highest BCUT2D eigenvalue weighted by atomic mass is 16.6. The lowest BCUT2D eigenvalue weighted by Gasteiger charge is -2.10. The fourth-order valence-corrected chi connectivity index (χ4v) is 2.54. The fourth-order valence-electron chi connectivity index (χ4n) is 2.54. The van der Waals surface area contributed by atoms with Crippen LogP contribution in [0.1, 0.15) is 20.7 Å². The minimum atomic E-state index is -1.36. The van der Waals surface area contributed by atoms with Crippen molar-refractivity contribution in [2.45, 2.75) is 0 Å². The van der Waals surface area contributed by atoms with E-state index in [9.17, 15) is 24.8 Å². The molecule has 0 aliphatic rings. The van der Waals surface area contributed by atoms with Gasteiger partial charge in [0.15, 0.2) is 0 Å². The van der Waals surface area contributed by atoms with Crippen molar-refractivity contribution >= 4 is 34.0 Å². The molecule has 7 heteroatoms. The van der Waals surface area contributed by atoms with Crippen LogP contribution in [0.25, 0.3) is 10.8 Å². The molecule has 3 rings (SSSR count). The van der Waals surface area contributed by atoms with Crippen LogP contribution in [0.2, 0.25) is 0 Å². The minimum absolute atomic E-state index is 0.00367. The van der Waals surface area contributed by atoms with Gasteiger partial charge in [0.05, 0.1) is 16.2 Å². The molecular weight excluding hydrogens is 324 g/mol. The SMILES string of the molecule is O=C(O)c1cc([N+](=O)[O-])ccc1NC(=O)c1cccc2ccccc12. The Labute approximate surface area is 141 Å². The van der Waals surface area contributed by atoms with Crippen molar-refractivity contribution in [1.82, 2.24) is 0 Å². The topological polar surface area (TPSA) is 110 Å². The molecule has 0 heterocycles. The summed E-state index contributed by atoms with van der Waals surface area (Å²) in [6.45, 7) is 0. The van der Waals surface area contributed by atoms with Gasteiger partial charge in [0, 0.05) is 17.7 Å². The number of benzene rings is 3. The molecule has 124 valence electrons. The molecule has 0 bridgehead atoms. The quantitative estimate of drug-likeness (QED) is 0.557. The predicted molar refractivity (Wildman–Crippen MR) is 92.0 cm³/mol. The highest BCUT2D eigenvalue weighted by Gasteiger charge is 2.18. The van der Waals surface area contributed by atoms with E-state index in [4.69, 9.17) is 0 Å². The van der Waals surface area contributed by atoms with Gasteiger partial charge in [0.1, 0.15) is 0 Å². The molecular formula is C18H12N2O5. The molecule has 1 amide bonds. The molecule has 0 spiro atoms. The third-order valence-electron chi connectivity index (χ3n) is 3.73. The van der Waals surface area contributed by atoms with E-state index < -0.39 is 16.8 Å². The number of carboxylic acids is 1.